The molecule has 0 aromatic heterocycles. The zero-order chi connectivity index (χ0) is 16.6. The smallest absolute Gasteiger partial charge is 0.211 e. The van der Waals surface area contributed by atoms with Gasteiger partial charge in [0.1, 0.15) is 5.75 Å². The Labute approximate surface area is 132 Å². The number of unbranched alkanes of at least 4 members (excludes halogenated alkanes) is 1. The maximum Gasteiger partial charge on any atom is 0.211 e. The highest BCUT2D eigenvalue weighted by atomic mass is 32.2. The summed E-state index contributed by atoms with van der Waals surface area (Å²) in [5.74, 6) is 1.95. The van der Waals surface area contributed by atoms with Crippen LogP contribution in [0.15, 0.2) is 12.1 Å². The average molecular weight is 331 g/mol. The first-order valence-corrected chi connectivity index (χ1v) is 8.88. The maximum atomic E-state index is 11.8. The highest BCUT2D eigenvalue weighted by Gasteiger charge is 2.14. The second-order valence-electron chi connectivity index (χ2n) is 4.84. The summed E-state index contributed by atoms with van der Waals surface area (Å²) in [4.78, 5) is 0. The largest absolute Gasteiger partial charge is 0.497 e. The molecule has 22 heavy (non-hydrogen) atoms. The summed E-state index contributed by atoms with van der Waals surface area (Å²) in [6.07, 6.45) is 2.00. The van der Waals surface area contributed by atoms with Crippen molar-refractivity contribution in [3.63, 3.8) is 0 Å². The molecule has 1 N–H and O–H groups in total. The van der Waals surface area contributed by atoms with E-state index in [0.29, 0.717) is 36.6 Å². The van der Waals surface area contributed by atoms with Crippen molar-refractivity contribution >= 4 is 10.0 Å². The van der Waals surface area contributed by atoms with Crippen LogP contribution in [0.1, 0.15) is 25.3 Å². The van der Waals surface area contributed by atoms with Crippen molar-refractivity contribution in [3.8, 4) is 17.2 Å². The Morgan fingerprint density at radius 1 is 1.09 bits per heavy atom. The minimum Gasteiger partial charge on any atom is -0.497 e. The molecule has 6 nitrogen and oxygen atoms in total. The number of nitrogens with one attached hydrogen (secondary N) is 1. The Hall–Kier alpha value is -1.47. The van der Waals surface area contributed by atoms with Gasteiger partial charge in [0.05, 0.1) is 27.1 Å². The van der Waals surface area contributed by atoms with E-state index in [1.807, 2.05) is 13.0 Å². The van der Waals surface area contributed by atoms with Crippen LogP contribution in [0.25, 0.3) is 0 Å². The van der Waals surface area contributed by atoms with E-state index in [-0.39, 0.29) is 5.75 Å². The van der Waals surface area contributed by atoms with E-state index in [1.165, 1.54) is 0 Å². The molecule has 0 radical (unpaired) electrons. The molecule has 7 heteroatoms. The number of hydrogen-bond acceptors (Lipinski definition) is 5. The molecule has 126 valence electrons. The standard InChI is InChI=1S/C15H25NO5S/c1-5-6-9-22(17,18)16-8-7-12-10-13(19-2)11-14(20-3)15(12)21-4/h10-11,16H,5-9H2,1-4H3. The third-order valence-corrected chi connectivity index (χ3v) is 4.72. The van der Waals surface area contributed by atoms with Crippen molar-refractivity contribution in [2.24, 2.45) is 0 Å². The first-order chi connectivity index (χ1) is 10.5. The topological polar surface area (TPSA) is 73.9 Å². The van der Waals surface area contributed by atoms with Crippen LogP contribution in [0, 0.1) is 0 Å². The number of rotatable bonds is 10. The third-order valence-electron chi connectivity index (χ3n) is 3.25. The van der Waals surface area contributed by atoms with Gasteiger partial charge in [0.2, 0.25) is 10.0 Å². The molecule has 0 atom stereocenters. The quantitative estimate of drug-likeness (QED) is 0.709. The number of ether oxygens (including phenoxy) is 3. The van der Waals surface area contributed by atoms with Gasteiger partial charge in [0.15, 0.2) is 11.5 Å². The van der Waals surface area contributed by atoms with E-state index in [9.17, 15) is 8.42 Å². The zero-order valence-corrected chi connectivity index (χ0v) is 14.5. The van der Waals surface area contributed by atoms with Gasteiger partial charge in [-0.3, -0.25) is 0 Å². The molecule has 1 aromatic rings. The predicted molar refractivity (Wildman–Crippen MR) is 86.5 cm³/mol. The van der Waals surface area contributed by atoms with Crippen LogP contribution in [0.4, 0.5) is 0 Å². The van der Waals surface area contributed by atoms with Crippen LogP contribution in [0.5, 0.6) is 17.2 Å². The highest BCUT2D eigenvalue weighted by Crippen LogP contribution is 2.35. The molecule has 0 amide bonds. The Kier molecular flexibility index (Phi) is 7.47. The summed E-state index contributed by atoms with van der Waals surface area (Å²) in [5.41, 5.74) is 0.830. The Bertz CT molecular complexity index is 572. The lowest BCUT2D eigenvalue weighted by Crippen LogP contribution is -2.28. The van der Waals surface area contributed by atoms with Crippen molar-refractivity contribution in [2.75, 3.05) is 33.6 Å². The summed E-state index contributed by atoms with van der Waals surface area (Å²) < 4.78 is 42.0. The number of sulfonamides is 1. The van der Waals surface area contributed by atoms with E-state index in [2.05, 4.69) is 4.72 Å². The van der Waals surface area contributed by atoms with Crippen molar-refractivity contribution in [3.05, 3.63) is 17.7 Å². The predicted octanol–water partition coefficient (Wildman–Crippen LogP) is 1.97. The molecular weight excluding hydrogens is 306 g/mol. The monoisotopic (exact) mass is 331 g/mol. The summed E-state index contributed by atoms with van der Waals surface area (Å²) in [7, 11) is 1.45. The summed E-state index contributed by atoms with van der Waals surface area (Å²) >= 11 is 0. The fourth-order valence-corrected chi connectivity index (χ4v) is 3.29. The van der Waals surface area contributed by atoms with Crippen molar-refractivity contribution in [1.82, 2.24) is 4.72 Å². The average Bonchev–Trinajstić information content (AvgIpc) is 2.51. The van der Waals surface area contributed by atoms with Gasteiger partial charge in [-0.25, -0.2) is 13.1 Å². The van der Waals surface area contributed by atoms with Crippen molar-refractivity contribution < 1.29 is 22.6 Å². The van der Waals surface area contributed by atoms with Gasteiger partial charge in [-0.2, -0.15) is 0 Å². The lowest BCUT2D eigenvalue weighted by molar-refractivity contribution is 0.345. The molecule has 0 heterocycles. The first-order valence-electron chi connectivity index (χ1n) is 7.23. The SMILES string of the molecule is CCCCS(=O)(=O)NCCc1cc(OC)cc(OC)c1OC. The van der Waals surface area contributed by atoms with Gasteiger partial charge < -0.3 is 14.2 Å². The van der Waals surface area contributed by atoms with E-state index >= 15 is 0 Å². The third kappa shape index (κ3) is 5.38. The van der Waals surface area contributed by atoms with E-state index in [0.717, 1.165) is 12.0 Å². The first kappa shape index (κ1) is 18.6. The minimum absolute atomic E-state index is 0.155. The lowest BCUT2D eigenvalue weighted by atomic mass is 10.1. The lowest BCUT2D eigenvalue weighted by Gasteiger charge is -2.15. The number of methoxy groups -OCH3 is 3. The molecule has 0 saturated carbocycles. The molecule has 1 rings (SSSR count). The summed E-state index contributed by atoms with van der Waals surface area (Å²) in [6.45, 7) is 2.27. The molecule has 0 bridgehead atoms. The van der Waals surface area contributed by atoms with Crippen LogP contribution in [-0.4, -0.2) is 42.0 Å². The second-order valence-corrected chi connectivity index (χ2v) is 6.77. The van der Waals surface area contributed by atoms with Crippen molar-refractivity contribution in [1.29, 1.82) is 0 Å². The molecule has 0 aliphatic rings. The number of benzene rings is 1. The fraction of sp³-hybridized carbons (Fsp3) is 0.600. The summed E-state index contributed by atoms with van der Waals surface area (Å²) in [6, 6.07) is 3.55. The van der Waals surface area contributed by atoms with Crippen LogP contribution in [0.2, 0.25) is 0 Å². The van der Waals surface area contributed by atoms with Gasteiger partial charge in [0.25, 0.3) is 0 Å². The molecule has 0 unspecified atom stereocenters. The molecule has 1 aromatic carbocycles. The number of hydrogen-bond donors (Lipinski definition) is 1. The van der Waals surface area contributed by atoms with Gasteiger partial charge in [-0.05, 0) is 18.9 Å². The van der Waals surface area contributed by atoms with Crippen molar-refractivity contribution in [2.45, 2.75) is 26.2 Å². The molecular formula is C15H25NO5S. The van der Waals surface area contributed by atoms with Crippen LogP contribution < -0.4 is 18.9 Å². The Morgan fingerprint density at radius 3 is 2.36 bits per heavy atom. The normalized spacial score (nSPS) is 11.3. The Morgan fingerprint density at radius 2 is 1.82 bits per heavy atom. The van der Waals surface area contributed by atoms with E-state index in [4.69, 9.17) is 14.2 Å². The van der Waals surface area contributed by atoms with E-state index in [1.54, 1.807) is 27.4 Å². The van der Waals surface area contributed by atoms with Gasteiger partial charge in [-0.15, -0.1) is 0 Å². The molecule has 0 saturated heterocycles. The molecule has 0 spiro atoms. The molecule has 0 fully saturated rings. The fourth-order valence-electron chi connectivity index (χ4n) is 2.07. The van der Waals surface area contributed by atoms with E-state index < -0.39 is 10.0 Å². The zero-order valence-electron chi connectivity index (χ0n) is 13.6. The van der Waals surface area contributed by atoms with Gasteiger partial charge in [0, 0.05) is 18.2 Å². The highest BCUT2D eigenvalue weighted by molar-refractivity contribution is 7.89. The Balaban J connectivity index is 2.80. The van der Waals surface area contributed by atoms with Gasteiger partial charge in [-0.1, -0.05) is 13.3 Å². The maximum absolute atomic E-state index is 11.8. The minimum atomic E-state index is -3.22. The van der Waals surface area contributed by atoms with Crippen LogP contribution in [-0.2, 0) is 16.4 Å². The summed E-state index contributed by atoms with van der Waals surface area (Å²) in [5, 5.41) is 0. The second kappa shape index (κ2) is 8.85. The van der Waals surface area contributed by atoms with Crippen LogP contribution >= 0.6 is 0 Å². The molecule has 0 aliphatic carbocycles. The van der Waals surface area contributed by atoms with Crippen LogP contribution in [0.3, 0.4) is 0 Å². The van der Waals surface area contributed by atoms with Gasteiger partial charge >= 0.3 is 0 Å². The molecule has 0 aliphatic heterocycles.